The van der Waals surface area contributed by atoms with Crippen molar-refractivity contribution in [1.82, 2.24) is 3.93 Å². The van der Waals surface area contributed by atoms with Gasteiger partial charge in [0.2, 0.25) is 0 Å². The molecule has 0 bridgehead atoms. The van der Waals surface area contributed by atoms with E-state index in [9.17, 15) is 0 Å². The van der Waals surface area contributed by atoms with Crippen LogP contribution in [0.5, 0.6) is 0 Å². The molecular weight excluding hydrogens is 176 g/mol. The minimum Gasteiger partial charge on any atom is -0.302 e. The van der Waals surface area contributed by atoms with Gasteiger partial charge in [-0.2, -0.15) is 0 Å². The van der Waals surface area contributed by atoms with Crippen LogP contribution in [-0.4, -0.2) is 9.42 Å². The Kier molecular flexibility index (Phi) is 1.61. The third-order valence-electron chi connectivity index (χ3n) is 0.664. The fourth-order valence-electron chi connectivity index (χ4n) is 0.317. The van der Waals surface area contributed by atoms with Gasteiger partial charge in [0.05, 0.1) is 16.1 Å². The second kappa shape index (κ2) is 2.07. The molecule has 0 radical (unpaired) electrons. The van der Waals surface area contributed by atoms with Crippen LogP contribution in [0.25, 0.3) is 0 Å². The molecule has 0 amide bonds. The number of thioether (sulfide) groups is 1. The Labute approximate surface area is 55.1 Å². The van der Waals surface area contributed by atoms with Gasteiger partial charge in [0, 0.05) is 6.20 Å². The lowest BCUT2D eigenvalue weighted by Gasteiger charge is -2.09. The standard InChI is InChI=1S/C3H5BrN2S/c4-6-1-2-7-3(6)5/h1-3H,5H2. The predicted octanol–water partition coefficient (Wildman–Crippen LogP) is 1.06. The van der Waals surface area contributed by atoms with Crippen molar-refractivity contribution in [2.24, 2.45) is 5.73 Å². The molecule has 2 nitrogen and oxygen atoms in total. The molecule has 0 spiro atoms. The first-order valence-corrected chi connectivity index (χ1v) is 3.48. The van der Waals surface area contributed by atoms with Gasteiger partial charge in [-0.1, -0.05) is 11.8 Å². The summed E-state index contributed by atoms with van der Waals surface area (Å²) < 4.78 is 1.78. The van der Waals surface area contributed by atoms with Crippen LogP contribution in [0, 0.1) is 0 Å². The Morgan fingerprint density at radius 2 is 2.57 bits per heavy atom. The van der Waals surface area contributed by atoms with Gasteiger partial charge in [0.15, 0.2) is 0 Å². The molecule has 0 aromatic rings. The SMILES string of the molecule is NC1SC=CN1Br. The first kappa shape index (κ1) is 5.47. The van der Waals surface area contributed by atoms with Crippen molar-refractivity contribution in [3.05, 3.63) is 11.6 Å². The smallest absolute Gasteiger partial charge is 0.139 e. The Bertz CT molecular complexity index is 94.9. The summed E-state index contributed by atoms with van der Waals surface area (Å²) in [6.07, 6.45) is 1.88. The zero-order chi connectivity index (χ0) is 5.28. The second-order valence-corrected chi connectivity index (χ2v) is 3.00. The van der Waals surface area contributed by atoms with Gasteiger partial charge in [0.25, 0.3) is 0 Å². The summed E-state index contributed by atoms with van der Waals surface area (Å²) in [5.41, 5.74) is 5.53. The van der Waals surface area contributed by atoms with Crippen LogP contribution in [0.15, 0.2) is 11.6 Å². The van der Waals surface area contributed by atoms with Crippen molar-refractivity contribution >= 4 is 27.9 Å². The Hall–Kier alpha value is 0.330. The maximum absolute atomic E-state index is 5.46. The molecule has 7 heavy (non-hydrogen) atoms. The van der Waals surface area contributed by atoms with E-state index in [2.05, 4.69) is 16.1 Å². The highest BCUT2D eigenvalue weighted by atomic mass is 79.9. The van der Waals surface area contributed by atoms with E-state index in [0.717, 1.165) is 0 Å². The van der Waals surface area contributed by atoms with E-state index in [4.69, 9.17) is 5.73 Å². The molecule has 0 aromatic carbocycles. The van der Waals surface area contributed by atoms with E-state index in [1.54, 1.807) is 15.7 Å². The summed E-state index contributed by atoms with van der Waals surface area (Å²) in [4.78, 5) is 0. The number of halogens is 1. The van der Waals surface area contributed by atoms with Crippen molar-refractivity contribution in [1.29, 1.82) is 0 Å². The van der Waals surface area contributed by atoms with Gasteiger partial charge in [-0.15, -0.1) is 0 Å². The highest BCUT2D eigenvalue weighted by molar-refractivity contribution is 9.07. The molecule has 1 unspecified atom stereocenters. The van der Waals surface area contributed by atoms with Crippen LogP contribution < -0.4 is 5.73 Å². The normalized spacial score (nSPS) is 29.4. The van der Waals surface area contributed by atoms with Crippen LogP contribution in [0.3, 0.4) is 0 Å². The summed E-state index contributed by atoms with van der Waals surface area (Å²) in [7, 11) is 0. The monoisotopic (exact) mass is 180 g/mol. The fourth-order valence-corrected chi connectivity index (χ4v) is 1.43. The Morgan fingerprint density at radius 1 is 1.86 bits per heavy atom. The second-order valence-electron chi connectivity index (χ2n) is 1.16. The molecular formula is C3H5BrN2S. The van der Waals surface area contributed by atoms with Crippen LogP contribution in [0.1, 0.15) is 0 Å². The van der Waals surface area contributed by atoms with Crippen LogP contribution >= 0.6 is 27.9 Å². The van der Waals surface area contributed by atoms with E-state index in [0.29, 0.717) is 0 Å². The van der Waals surface area contributed by atoms with Gasteiger partial charge < -0.3 is 5.73 Å². The molecule has 2 N–H and O–H groups in total. The van der Waals surface area contributed by atoms with Gasteiger partial charge in [-0.3, -0.25) is 3.93 Å². The van der Waals surface area contributed by atoms with E-state index in [1.165, 1.54) is 0 Å². The van der Waals surface area contributed by atoms with E-state index < -0.39 is 0 Å². The zero-order valence-corrected chi connectivity index (χ0v) is 5.95. The fraction of sp³-hybridized carbons (Fsp3) is 0.333. The lowest BCUT2D eigenvalue weighted by atomic mass is 10.9. The first-order chi connectivity index (χ1) is 3.30. The first-order valence-electron chi connectivity index (χ1n) is 1.82. The van der Waals surface area contributed by atoms with Gasteiger partial charge in [-0.25, -0.2) is 0 Å². The summed E-state index contributed by atoms with van der Waals surface area (Å²) in [5, 5.41) is 1.94. The summed E-state index contributed by atoms with van der Waals surface area (Å²) in [5.74, 6) is 0. The van der Waals surface area contributed by atoms with Gasteiger partial charge >= 0.3 is 0 Å². The molecule has 0 saturated carbocycles. The number of rotatable bonds is 0. The average molecular weight is 181 g/mol. The van der Waals surface area contributed by atoms with Crippen LogP contribution in [-0.2, 0) is 0 Å². The molecule has 0 aliphatic carbocycles. The minimum absolute atomic E-state index is 0.0694. The number of nitrogens with zero attached hydrogens (tertiary/aromatic N) is 1. The summed E-state index contributed by atoms with van der Waals surface area (Å²) in [6.45, 7) is 0. The third-order valence-corrected chi connectivity index (χ3v) is 2.40. The minimum atomic E-state index is 0.0694. The molecule has 1 heterocycles. The molecule has 0 saturated heterocycles. The van der Waals surface area contributed by atoms with Gasteiger partial charge in [-0.05, 0) is 5.41 Å². The molecule has 1 aliphatic rings. The van der Waals surface area contributed by atoms with Crippen molar-refractivity contribution < 1.29 is 0 Å². The highest BCUT2D eigenvalue weighted by Crippen LogP contribution is 2.22. The van der Waals surface area contributed by atoms with Crippen molar-refractivity contribution in [3.8, 4) is 0 Å². The summed E-state index contributed by atoms with van der Waals surface area (Å²) in [6, 6.07) is 0. The third kappa shape index (κ3) is 1.11. The molecule has 1 atom stereocenters. The molecule has 40 valence electrons. The number of hydrogen-bond donors (Lipinski definition) is 1. The van der Waals surface area contributed by atoms with Crippen molar-refractivity contribution in [3.63, 3.8) is 0 Å². The molecule has 4 heteroatoms. The van der Waals surface area contributed by atoms with E-state index >= 15 is 0 Å². The predicted molar refractivity (Wildman–Crippen MR) is 35.5 cm³/mol. The van der Waals surface area contributed by atoms with Crippen LogP contribution in [0.4, 0.5) is 0 Å². The number of nitrogens with two attached hydrogens (primary N) is 1. The maximum Gasteiger partial charge on any atom is 0.139 e. The average Bonchev–Trinajstić information content (AvgIpc) is 1.91. The summed E-state index contributed by atoms with van der Waals surface area (Å²) >= 11 is 4.79. The van der Waals surface area contributed by atoms with E-state index in [-0.39, 0.29) is 5.50 Å². The maximum atomic E-state index is 5.46. The molecule has 1 rings (SSSR count). The molecule has 0 aromatic heterocycles. The van der Waals surface area contributed by atoms with Crippen molar-refractivity contribution in [2.45, 2.75) is 5.50 Å². The van der Waals surface area contributed by atoms with Crippen LogP contribution in [0.2, 0.25) is 0 Å². The van der Waals surface area contributed by atoms with Gasteiger partial charge in [0.1, 0.15) is 5.50 Å². The Balaban J connectivity index is 2.45. The highest BCUT2D eigenvalue weighted by Gasteiger charge is 2.10. The van der Waals surface area contributed by atoms with Crippen molar-refractivity contribution in [2.75, 3.05) is 0 Å². The topological polar surface area (TPSA) is 29.3 Å². The quantitative estimate of drug-likeness (QED) is 0.566. The molecule has 0 fully saturated rings. The number of hydrogen-bond acceptors (Lipinski definition) is 3. The Morgan fingerprint density at radius 3 is 2.71 bits per heavy atom. The lowest BCUT2D eigenvalue weighted by molar-refractivity contribution is 0.626. The molecule has 1 aliphatic heterocycles. The zero-order valence-electron chi connectivity index (χ0n) is 3.54. The van der Waals surface area contributed by atoms with E-state index in [1.807, 2.05) is 11.6 Å². The largest absolute Gasteiger partial charge is 0.302 e. The lowest BCUT2D eigenvalue weighted by Crippen LogP contribution is -2.23.